The highest BCUT2D eigenvalue weighted by atomic mass is 32.1. The third-order valence-electron chi connectivity index (χ3n) is 3.39. The van der Waals surface area contributed by atoms with E-state index in [0.29, 0.717) is 29.7 Å². The third-order valence-corrected chi connectivity index (χ3v) is 3.64. The van der Waals surface area contributed by atoms with E-state index < -0.39 is 4.92 Å². The molecule has 1 atom stereocenters. The first-order valence-electron chi connectivity index (χ1n) is 7.29. The predicted molar refractivity (Wildman–Crippen MR) is 93.7 cm³/mol. The summed E-state index contributed by atoms with van der Waals surface area (Å²) in [6, 6.07) is 13.5. The molecule has 0 bridgehead atoms. The van der Waals surface area contributed by atoms with E-state index in [2.05, 4.69) is 10.6 Å². The zero-order valence-corrected chi connectivity index (χ0v) is 13.4. The molecule has 0 radical (unpaired) electrons. The number of ether oxygens (including phenoxy) is 2. The number of anilines is 1. The lowest BCUT2D eigenvalue weighted by atomic mass is 10.2. The van der Waals surface area contributed by atoms with Gasteiger partial charge >= 0.3 is 0 Å². The van der Waals surface area contributed by atoms with E-state index in [0.717, 1.165) is 5.75 Å². The number of hydrogen-bond acceptors (Lipinski definition) is 5. The predicted octanol–water partition coefficient (Wildman–Crippen LogP) is 2.72. The van der Waals surface area contributed by atoms with Gasteiger partial charge in [0.25, 0.3) is 5.69 Å². The Hall–Kier alpha value is -2.87. The highest BCUT2D eigenvalue weighted by Gasteiger charge is 2.20. The van der Waals surface area contributed by atoms with Crippen LogP contribution in [0.3, 0.4) is 0 Å². The molecule has 0 unspecified atom stereocenters. The average Bonchev–Trinajstić information content (AvgIpc) is 2.60. The fraction of sp³-hybridized carbons (Fsp3) is 0.188. The first-order valence-corrected chi connectivity index (χ1v) is 7.70. The topological polar surface area (TPSA) is 85.7 Å². The smallest absolute Gasteiger partial charge is 0.269 e. The maximum Gasteiger partial charge on any atom is 0.269 e. The molecule has 2 aromatic rings. The van der Waals surface area contributed by atoms with Crippen LogP contribution in [0.25, 0.3) is 0 Å². The number of nitro groups is 1. The second-order valence-electron chi connectivity index (χ2n) is 5.14. The van der Waals surface area contributed by atoms with Gasteiger partial charge in [-0.2, -0.15) is 0 Å². The van der Waals surface area contributed by atoms with Crippen LogP contribution in [-0.2, 0) is 0 Å². The van der Waals surface area contributed by atoms with Crippen LogP contribution in [0.4, 0.5) is 11.4 Å². The van der Waals surface area contributed by atoms with Crippen LogP contribution < -0.4 is 20.1 Å². The second kappa shape index (κ2) is 7.14. The Morgan fingerprint density at radius 1 is 1.21 bits per heavy atom. The molecule has 2 N–H and O–H groups in total. The molecule has 8 heteroatoms. The maximum absolute atomic E-state index is 10.6. The molecule has 124 valence electrons. The van der Waals surface area contributed by atoms with Gasteiger partial charge in [0.2, 0.25) is 0 Å². The molecule has 1 aliphatic rings. The first-order chi connectivity index (χ1) is 11.6. The van der Waals surface area contributed by atoms with Gasteiger partial charge in [-0.05, 0) is 36.5 Å². The first kappa shape index (κ1) is 16.0. The van der Waals surface area contributed by atoms with Gasteiger partial charge in [-0.3, -0.25) is 10.1 Å². The Balaban J connectivity index is 1.48. The summed E-state index contributed by atoms with van der Waals surface area (Å²) in [6.07, 6.45) is -0.156. The molecule has 2 aromatic carbocycles. The molecule has 24 heavy (non-hydrogen) atoms. The molecule has 0 saturated carbocycles. The monoisotopic (exact) mass is 345 g/mol. The summed E-state index contributed by atoms with van der Waals surface area (Å²) in [5.41, 5.74) is 0.704. The molecule has 3 rings (SSSR count). The summed E-state index contributed by atoms with van der Waals surface area (Å²) in [6.45, 7) is 0.914. The molecular weight excluding hydrogens is 330 g/mol. The van der Waals surface area contributed by atoms with E-state index in [1.54, 1.807) is 12.1 Å². The summed E-state index contributed by atoms with van der Waals surface area (Å²) in [5, 5.41) is 17.0. The minimum Gasteiger partial charge on any atom is -0.486 e. The van der Waals surface area contributed by atoms with Crippen molar-refractivity contribution in [3.63, 3.8) is 0 Å². The number of nitrogens with zero attached hydrogens (tertiary/aromatic N) is 1. The highest BCUT2D eigenvalue weighted by molar-refractivity contribution is 7.80. The number of hydrogen-bond donors (Lipinski definition) is 2. The van der Waals surface area contributed by atoms with Gasteiger partial charge in [0.05, 0.1) is 11.5 Å². The van der Waals surface area contributed by atoms with Crippen LogP contribution in [0, 0.1) is 10.1 Å². The zero-order valence-electron chi connectivity index (χ0n) is 12.6. The molecule has 0 amide bonds. The summed E-state index contributed by atoms with van der Waals surface area (Å²) in [4.78, 5) is 10.2. The second-order valence-corrected chi connectivity index (χ2v) is 5.54. The number of non-ortho nitro benzene ring substituents is 1. The van der Waals surface area contributed by atoms with E-state index in [9.17, 15) is 10.1 Å². The minimum absolute atomic E-state index is 0.0332. The normalized spacial score (nSPS) is 15.4. The van der Waals surface area contributed by atoms with Crippen LogP contribution in [0.2, 0.25) is 0 Å². The number of para-hydroxylation sites is 2. The van der Waals surface area contributed by atoms with Gasteiger partial charge in [0.15, 0.2) is 16.6 Å². The van der Waals surface area contributed by atoms with Gasteiger partial charge in [-0.25, -0.2) is 0 Å². The van der Waals surface area contributed by atoms with Crippen LogP contribution in [0.5, 0.6) is 11.5 Å². The van der Waals surface area contributed by atoms with Gasteiger partial charge in [-0.15, -0.1) is 0 Å². The average molecular weight is 345 g/mol. The maximum atomic E-state index is 10.6. The fourth-order valence-electron chi connectivity index (χ4n) is 2.21. The molecule has 1 aliphatic heterocycles. The van der Waals surface area contributed by atoms with Crippen molar-refractivity contribution < 1.29 is 14.4 Å². The van der Waals surface area contributed by atoms with E-state index in [4.69, 9.17) is 21.7 Å². The lowest BCUT2D eigenvalue weighted by molar-refractivity contribution is -0.384. The minimum atomic E-state index is -0.446. The van der Waals surface area contributed by atoms with Gasteiger partial charge < -0.3 is 20.1 Å². The highest BCUT2D eigenvalue weighted by Crippen LogP contribution is 2.30. The molecule has 0 spiro atoms. The summed E-state index contributed by atoms with van der Waals surface area (Å²) < 4.78 is 11.5. The van der Waals surface area contributed by atoms with E-state index in [-0.39, 0.29) is 11.8 Å². The molecular formula is C16H15N3O4S. The van der Waals surface area contributed by atoms with E-state index in [1.807, 2.05) is 24.3 Å². The largest absolute Gasteiger partial charge is 0.486 e. The Morgan fingerprint density at radius 2 is 1.92 bits per heavy atom. The SMILES string of the molecule is O=[N+]([O-])c1ccc(NC(=S)NC[C@H]2COc3ccccc3O2)cc1. The van der Waals surface area contributed by atoms with Crippen molar-refractivity contribution in [3.05, 3.63) is 58.6 Å². The van der Waals surface area contributed by atoms with Crippen molar-refractivity contribution in [3.8, 4) is 11.5 Å². The summed E-state index contributed by atoms with van der Waals surface area (Å²) in [5.74, 6) is 1.45. The van der Waals surface area contributed by atoms with Crippen LogP contribution >= 0.6 is 12.2 Å². The Kier molecular flexibility index (Phi) is 4.76. The van der Waals surface area contributed by atoms with Crippen molar-refractivity contribution in [1.82, 2.24) is 5.32 Å². The Morgan fingerprint density at radius 3 is 2.62 bits per heavy atom. The van der Waals surface area contributed by atoms with Gasteiger partial charge in [0.1, 0.15) is 12.7 Å². The number of nitrogens with one attached hydrogen (secondary N) is 2. The number of rotatable bonds is 4. The van der Waals surface area contributed by atoms with Crippen LogP contribution in [-0.4, -0.2) is 29.3 Å². The lowest BCUT2D eigenvalue weighted by Crippen LogP contribution is -2.42. The Bertz CT molecular complexity index is 751. The quantitative estimate of drug-likeness (QED) is 0.500. The molecule has 7 nitrogen and oxygen atoms in total. The number of benzene rings is 2. The number of fused-ring (bicyclic) bond motifs is 1. The van der Waals surface area contributed by atoms with Crippen molar-refractivity contribution in [2.24, 2.45) is 0 Å². The molecule has 1 heterocycles. The Labute approximate surface area is 143 Å². The van der Waals surface area contributed by atoms with Crippen LogP contribution in [0.15, 0.2) is 48.5 Å². The lowest BCUT2D eigenvalue weighted by Gasteiger charge is -2.26. The molecule has 0 fully saturated rings. The number of nitro benzene ring substituents is 1. The standard InChI is InChI=1S/C16H15N3O4S/c20-19(21)12-7-5-11(6-8-12)18-16(24)17-9-13-10-22-14-3-1-2-4-15(14)23-13/h1-8,13H,9-10H2,(H2,17,18,24)/t13-/m0/s1. The van der Waals surface area contributed by atoms with Crippen molar-refractivity contribution >= 4 is 28.7 Å². The van der Waals surface area contributed by atoms with Gasteiger partial charge in [-0.1, -0.05) is 12.1 Å². The summed E-state index contributed by atoms with van der Waals surface area (Å²) >= 11 is 5.21. The van der Waals surface area contributed by atoms with E-state index >= 15 is 0 Å². The molecule has 0 aliphatic carbocycles. The summed E-state index contributed by atoms with van der Waals surface area (Å²) in [7, 11) is 0. The molecule has 0 aromatic heterocycles. The van der Waals surface area contributed by atoms with Crippen molar-refractivity contribution in [1.29, 1.82) is 0 Å². The van der Waals surface area contributed by atoms with Gasteiger partial charge in [0, 0.05) is 17.8 Å². The number of thiocarbonyl (C=S) groups is 1. The van der Waals surface area contributed by atoms with Crippen molar-refractivity contribution in [2.75, 3.05) is 18.5 Å². The van der Waals surface area contributed by atoms with Crippen molar-refractivity contribution in [2.45, 2.75) is 6.10 Å². The fourth-order valence-corrected chi connectivity index (χ4v) is 2.41. The zero-order chi connectivity index (χ0) is 16.9. The van der Waals surface area contributed by atoms with Crippen LogP contribution in [0.1, 0.15) is 0 Å². The van der Waals surface area contributed by atoms with E-state index in [1.165, 1.54) is 12.1 Å². The third kappa shape index (κ3) is 3.90. The molecule has 0 saturated heterocycles.